The van der Waals surface area contributed by atoms with Crippen LogP contribution in [0.5, 0.6) is 0 Å². The van der Waals surface area contributed by atoms with E-state index in [4.69, 9.17) is 5.14 Å². The predicted octanol–water partition coefficient (Wildman–Crippen LogP) is -0.629. The van der Waals surface area contributed by atoms with Crippen LogP contribution < -0.4 is 10.5 Å². The third kappa shape index (κ3) is 2.87. The van der Waals surface area contributed by atoms with Crippen molar-refractivity contribution in [2.24, 2.45) is 5.14 Å². The third-order valence-corrected chi connectivity index (χ3v) is 5.06. The summed E-state index contributed by atoms with van der Waals surface area (Å²) >= 11 is 0. The molecule has 0 saturated carbocycles. The molecule has 1 aromatic rings. The van der Waals surface area contributed by atoms with E-state index in [-0.39, 0.29) is 25.0 Å². The first-order chi connectivity index (χ1) is 9.95. The van der Waals surface area contributed by atoms with Crippen LogP contribution in [0.2, 0.25) is 0 Å². The summed E-state index contributed by atoms with van der Waals surface area (Å²) in [7, 11) is -3.66. The van der Waals surface area contributed by atoms with Crippen LogP contribution in [0.15, 0.2) is 24.3 Å². The Labute approximate surface area is 123 Å². The van der Waals surface area contributed by atoms with Gasteiger partial charge in [-0.05, 0) is 11.6 Å². The fourth-order valence-electron chi connectivity index (χ4n) is 2.83. The Kier molecular flexibility index (Phi) is 3.60. The Bertz CT molecular complexity index is 628. The summed E-state index contributed by atoms with van der Waals surface area (Å²) in [5.74, 6) is 0.0141. The molecule has 1 fully saturated rings. The molecular formula is C13H18N4O3S. The summed E-state index contributed by atoms with van der Waals surface area (Å²) in [6, 6.07) is 7.60. The highest BCUT2D eigenvalue weighted by Gasteiger charge is 2.33. The van der Waals surface area contributed by atoms with Crippen molar-refractivity contribution in [2.45, 2.75) is 12.5 Å². The lowest BCUT2D eigenvalue weighted by molar-refractivity contribution is -0.133. The lowest BCUT2D eigenvalue weighted by atomic mass is 10.1. The van der Waals surface area contributed by atoms with E-state index in [2.05, 4.69) is 5.32 Å². The number of anilines is 1. The molecule has 1 aromatic carbocycles. The second-order valence-corrected chi connectivity index (χ2v) is 6.87. The number of nitrogens with two attached hydrogens (primary N) is 1. The fraction of sp³-hybridized carbons (Fsp3) is 0.462. The maximum atomic E-state index is 12.5. The van der Waals surface area contributed by atoms with Crippen molar-refractivity contribution in [3.63, 3.8) is 0 Å². The first-order valence-corrected chi connectivity index (χ1v) is 8.36. The van der Waals surface area contributed by atoms with Gasteiger partial charge in [-0.15, -0.1) is 0 Å². The molecule has 0 aliphatic carbocycles. The highest BCUT2D eigenvalue weighted by atomic mass is 32.2. The van der Waals surface area contributed by atoms with E-state index >= 15 is 0 Å². The number of carbonyl (C=O) groups excluding carboxylic acids is 1. The van der Waals surface area contributed by atoms with Crippen molar-refractivity contribution in [3.05, 3.63) is 29.8 Å². The Balaban J connectivity index is 1.61. The normalized spacial score (nSPS) is 22.7. The van der Waals surface area contributed by atoms with E-state index < -0.39 is 10.2 Å². The van der Waals surface area contributed by atoms with Gasteiger partial charge in [-0.25, -0.2) is 5.14 Å². The first kappa shape index (κ1) is 14.3. The molecular weight excluding hydrogens is 292 g/mol. The van der Waals surface area contributed by atoms with Gasteiger partial charge >= 0.3 is 0 Å². The molecule has 1 atom stereocenters. The van der Waals surface area contributed by atoms with Crippen LogP contribution in [0, 0.1) is 0 Å². The Morgan fingerprint density at radius 1 is 1.19 bits per heavy atom. The summed E-state index contributed by atoms with van der Waals surface area (Å²) in [4.78, 5) is 14.2. The molecule has 3 N–H and O–H groups in total. The molecule has 0 bridgehead atoms. The number of hydrogen-bond donors (Lipinski definition) is 2. The number of amides is 1. The Morgan fingerprint density at radius 3 is 2.48 bits per heavy atom. The Morgan fingerprint density at radius 2 is 1.86 bits per heavy atom. The summed E-state index contributed by atoms with van der Waals surface area (Å²) in [5.41, 5.74) is 2.14. The molecule has 21 heavy (non-hydrogen) atoms. The number of nitrogens with one attached hydrogen (secondary N) is 1. The average molecular weight is 310 g/mol. The summed E-state index contributed by atoms with van der Waals surface area (Å²) in [6.07, 6.45) is 0.671. The molecule has 3 rings (SSSR count). The molecule has 2 aliphatic rings. The Hall–Kier alpha value is -1.64. The van der Waals surface area contributed by atoms with Crippen molar-refractivity contribution in [2.75, 3.05) is 31.5 Å². The van der Waals surface area contributed by atoms with Crippen molar-refractivity contribution in [1.29, 1.82) is 0 Å². The van der Waals surface area contributed by atoms with Crippen LogP contribution in [0.3, 0.4) is 0 Å². The van der Waals surface area contributed by atoms with Crippen molar-refractivity contribution >= 4 is 21.8 Å². The lowest BCUT2D eigenvalue weighted by Crippen LogP contribution is -2.54. The average Bonchev–Trinajstić information content (AvgIpc) is 2.89. The van der Waals surface area contributed by atoms with Gasteiger partial charge < -0.3 is 10.2 Å². The van der Waals surface area contributed by atoms with Gasteiger partial charge in [0.15, 0.2) is 0 Å². The van der Waals surface area contributed by atoms with Crippen LogP contribution in [-0.4, -0.2) is 55.8 Å². The highest BCUT2D eigenvalue weighted by molar-refractivity contribution is 7.86. The van der Waals surface area contributed by atoms with Gasteiger partial charge in [0.1, 0.15) is 6.04 Å². The second kappa shape index (κ2) is 5.28. The van der Waals surface area contributed by atoms with Crippen LogP contribution in [0.4, 0.5) is 5.69 Å². The fourth-order valence-corrected chi connectivity index (χ4v) is 3.50. The molecule has 8 heteroatoms. The van der Waals surface area contributed by atoms with Crippen LogP contribution in [0.1, 0.15) is 5.56 Å². The van der Waals surface area contributed by atoms with Gasteiger partial charge in [0.05, 0.1) is 0 Å². The topological polar surface area (TPSA) is 95.7 Å². The molecule has 2 aliphatic heterocycles. The van der Waals surface area contributed by atoms with E-state index in [1.165, 1.54) is 4.31 Å². The van der Waals surface area contributed by atoms with Gasteiger partial charge in [0.2, 0.25) is 5.91 Å². The van der Waals surface area contributed by atoms with Crippen molar-refractivity contribution < 1.29 is 13.2 Å². The van der Waals surface area contributed by atoms with E-state index in [9.17, 15) is 13.2 Å². The molecule has 1 saturated heterocycles. The lowest BCUT2D eigenvalue weighted by Gasteiger charge is -2.34. The quantitative estimate of drug-likeness (QED) is 0.760. The molecule has 0 radical (unpaired) electrons. The van der Waals surface area contributed by atoms with Gasteiger partial charge in [-0.2, -0.15) is 12.7 Å². The maximum absolute atomic E-state index is 12.5. The zero-order valence-electron chi connectivity index (χ0n) is 11.5. The number of carbonyl (C=O) groups is 1. The third-order valence-electron chi connectivity index (χ3n) is 3.98. The molecule has 114 valence electrons. The smallest absolute Gasteiger partial charge is 0.277 e. The minimum absolute atomic E-state index is 0.0141. The summed E-state index contributed by atoms with van der Waals surface area (Å²) < 4.78 is 23.7. The van der Waals surface area contributed by atoms with Crippen LogP contribution in [0.25, 0.3) is 0 Å². The molecule has 1 unspecified atom stereocenters. The number of piperazine rings is 1. The standard InChI is InChI=1S/C13H18N4O3S/c14-21(19,20)17-7-5-16(6-8-17)13(18)12-9-10-3-1-2-4-11(10)15-12/h1-4,12,15H,5-9H2,(H2,14,19,20). The number of hydrogen-bond acceptors (Lipinski definition) is 4. The highest BCUT2D eigenvalue weighted by Crippen LogP contribution is 2.26. The number of para-hydroxylation sites is 1. The zero-order chi connectivity index (χ0) is 15.0. The minimum Gasteiger partial charge on any atom is -0.373 e. The molecule has 2 heterocycles. The monoisotopic (exact) mass is 310 g/mol. The largest absolute Gasteiger partial charge is 0.373 e. The van der Waals surface area contributed by atoms with Crippen LogP contribution in [-0.2, 0) is 21.4 Å². The van der Waals surface area contributed by atoms with Gasteiger partial charge in [0, 0.05) is 38.3 Å². The first-order valence-electron chi connectivity index (χ1n) is 6.86. The van der Waals surface area contributed by atoms with E-state index in [0.717, 1.165) is 11.3 Å². The summed E-state index contributed by atoms with van der Waals surface area (Å²) in [5, 5.41) is 8.32. The molecule has 1 amide bonds. The number of rotatable bonds is 2. The molecule has 0 spiro atoms. The second-order valence-electron chi connectivity index (χ2n) is 5.33. The van der Waals surface area contributed by atoms with Gasteiger partial charge in [0.25, 0.3) is 10.2 Å². The van der Waals surface area contributed by atoms with E-state index in [1.807, 2.05) is 24.3 Å². The number of fused-ring (bicyclic) bond motifs is 1. The van der Waals surface area contributed by atoms with E-state index in [1.54, 1.807) is 4.90 Å². The maximum Gasteiger partial charge on any atom is 0.277 e. The van der Waals surface area contributed by atoms with Gasteiger partial charge in [-0.1, -0.05) is 18.2 Å². The number of benzene rings is 1. The van der Waals surface area contributed by atoms with Gasteiger partial charge in [-0.3, -0.25) is 4.79 Å². The summed E-state index contributed by atoms with van der Waals surface area (Å²) in [6.45, 7) is 1.27. The number of nitrogens with zero attached hydrogens (tertiary/aromatic N) is 2. The minimum atomic E-state index is -3.66. The van der Waals surface area contributed by atoms with Crippen molar-refractivity contribution in [3.8, 4) is 0 Å². The zero-order valence-corrected chi connectivity index (χ0v) is 12.3. The van der Waals surface area contributed by atoms with Crippen molar-refractivity contribution in [1.82, 2.24) is 9.21 Å². The van der Waals surface area contributed by atoms with Crippen LogP contribution >= 0.6 is 0 Å². The molecule has 0 aromatic heterocycles. The molecule has 7 nitrogen and oxygen atoms in total. The predicted molar refractivity (Wildman–Crippen MR) is 78.8 cm³/mol. The van der Waals surface area contributed by atoms with E-state index in [0.29, 0.717) is 19.5 Å². The SMILES string of the molecule is NS(=O)(=O)N1CCN(C(=O)C2Cc3ccccc3N2)CC1.